The second kappa shape index (κ2) is 10.3. The highest BCUT2D eigenvalue weighted by molar-refractivity contribution is 5.85. The van der Waals surface area contributed by atoms with Crippen LogP contribution in [0.25, 0.3) is 0 Å². The lowest BCUT2D eigenvalue weighted by molar-refractivity contribution is -0.124. The fourth-order valence-corrected chi connectivity index (χ4v) is 1.26. The monoisotopic (exact) mass is 279 g/mol. The van der Waals surface area contributed by atoms with Crippen LogP contribution in [0, 0.1) is 5.92 Å². The van der Waals surface area contributed by atoms with Crippen molar-refractivity contribution in [2.24, 2.45) is 5.92 Å². The molecule has 0 radical (unpaired) electrons. The number of nitrogens with zero attached hydrogens (tertiary/aromatic N) is 1. The number of carbonyl (C=O) groups excluding carboxylic acids is 1. The first-order chi connectivity index (χ1) is 7.24. The highest BCUT2D eigenvalue weighted by Gasteiger charge is 2.10. The molecule has 1 unspecified atom stereocenters. The number of pyridine rings is 1. The van der Waals surface area contributed by atoms with Crippen molar-refractivity contribution in [1.29, 1.82) is 0 Å². The first-order valence-corrected chi connectivity index (χ1v) is 5.05. The molecule has 6 heteroatoms. The van der Waals surface area contributed by atoms with Crippen LogP contribution in [0.3, 0.4) is 0 Å². The predicted molar refractivity (Wildman–Crippen MR) is 73.7 cm³/mol. The smallest absolute Gasteiger partial charge is 0.224 e. The molecule has 17 heavy (non-hydrogen) atoms. The topological polar surface area (TPSA) is 54.0 Å². The van der Waals surface area contributed by atoms with Gasteiger partial charge in [0.25, 0.3) is 0 Å². The maximum absolute atomic E-state index is 11.5. The molecular formula is C11H19Cl2N3O. The molecule has 1 heterocycles. The van der Waals surface area contributed by atoms with E-state index in [0.717, 1.165) is 5.56 Å². The fraction of sp³-hybridized carbons (Fsp3) is 0.455. The van der Waals surface area contributed by atoms with Gasteiger partial charge in [0.05, 0.1) is 0 Å². The van der Waals surface area contributed by atoms with E-state index < -0.39 is 0 Å². The third-order valence-electron chi connectivity index (χ3n) is 2.15. The summed E-state index contributed by atoms with van der Waals surface area (Å²) in [6, 6.07) is 3.80. The average Bonchev–Trinajstić information content (AvgIpc) is 2.27. The number of amides is 1. The Labute approximate surface area is 114 Å². The Balaban J connectivity index is 0. The molecule has 2 N–H and O–H groups in total. The lowest BCUT2D eigenvalue weighted by atomic mass is 10.1. The first-order valence-electron chi connectivity index (χ1n) is 5.05. The van der Waals surface area contributed by atoms with Gasteiger partial charge in [-0.1, -0.05) is 13.0 Å². The van der Waals surface area contributed by atoms with Crippen LogP contribution in [-0.4, -0.2) is 24.5 Å². The summed E-state index contributed by atoms with van der Waals surface area (Å²) in [5.74, 6) is 0.0554. The second-order valence-corrected chi connectivity index (χ2v) is 3.54. The van der Waals surface area contributed by atoms with Crippen LogP contribution in [0.4, 0.5) is 0 Å². The van der Waals surface area contributed by atoms with Crippen molar-refractivity contribution in [1.82, 2.24) is 15.6 Å². The summed E-state index contributed by atoms with van der Waals surface area (Å²) in [6.45, 7) is 3.13. The lowest BCUT2D eigenvalue weighted by Crippen LogP contribution is -2.33. The summed E-state index contributed by atoms with van der Waals surface area (Å²) in [7, 11) is 1.84. The van der Waals surface area contributed by atoms with E-state index in [4.69, 9.17) is 0 Å². The van der Waals surface area contributed by atoms with E-state index in [9.17, 15) is 4.79 Å². The lowest BCUT2D eigenvalue weighted by Gasteiger charge is -2.11. The molecule has 1 aromatic rings. The average molecular weight is 280 g/mol. The zero-order valence-corrected chi connectivity index (χ0v) is 11.6. The van der Waals surface area contributed by atoms with Crippen LogP contribution in [0.15, 0.2) is 24.5 Å². The molecule has 0 aliphatic carbocycles. The Morgan fingerprint density at radius 3 is 2.71 bits per heavy atom. The van der Waals surface area contributed by atoms with Gasteiger partial charge in [-0.2, -0.15) is 0 Å². The third-order valence-corrected chi connectivity index (χ3v) is 2.15. The summed E-state index contributed by atoms with van der Waals surface area (Å²) >= 11 is 0. The largest absolute Gasteiger partial charge is 0.352 e. The van der Waals surface area contributed by atoms with Crippen molar-refractivity contribution in [3.63, 3.8) is 0 Å². The van der Waals surface area contributed by atoms with Crippen LogP contribution in [0.5, 0.6) is 0 Å². The zero-order chi connectivity index (χ0) is 11.1. The van der Waals surface area contributed by atoms with Gasteiger partial charge in [-0.3, -0.25) is 9.78 Å². The van der Waals surface area contributed by atoms with E-state index in [1.54, 1.807) is 12.4 Å². The van der Waals surface area contributed by atoms with Crippen molar-refractivity contribution in [2.45, 2.75) is 13.5 Å². The van der Waals surface area contributed by atoms with Crippen molar-refractivity contribution in [2.75, 3.05) is 13.6 Å². The Kier molecular flexibility index (Phi) is 11.2. The van der Waals surface area contributed by atoms with E-state index in [-0.39, 0.29) is 36.6 Å². The summed E-state index contributed by atoms with van der Waals surface area (Å²) in [5.41, 5.74) is 1.02. The molecular weight excluding hydrogens is 261 g/mol. The first kappa shape index (κ1) is 18.5. The number of hydrogen-bond acceptors (Lipinski definition) is 3. The normalized spacial score (nSPS) is 10.7. The van der Waals surface area contributed by atoms with Crippen LogP contribution in [0.1, 0.15) is 12.5 Å². The van der Waals surface area contributed by atoms with Gasteiger partial charge in [0.2, 0.25) is 5.91 Å². The minimum Gasteiger partial charge on any atom is -0.352 e. The second-order valence-electron chi connectivity index (χ2n) is 3.54. The van der Waals surface area contributed by atoms with E-state index in [1.165, 1.54) is 0 Å². The molecule has 0 bridgehead atoms. The molecule has 0 aliphatic rings. The minimum atomic E-state index is -0.00771. The molecule has 0 saturated heterocycles. The van der Waals surface area contributed by atoms with Gasteiger partial charge in [-0.15, -0.1) is 24.8 Å². The predicted octanol–water partition coefficient (Wildman–Crippen LogP) is 1.40. The molecule has 4 nitrogen and oxygen atoms in total. The van der Waals surface area contributed by atoms with Gasteiger partial charge in [0.1, 0.15) is 0 Å². The molecule has 0 aliphatic heterocycles. The minimum absolute atomic E-state index is 0. The van der Waals surface area contributed by atoms with Gasteiger partial charge in [-0.05, 0) is 18.7 Å². The van der Waals surface area contributed by atoms with E-state index in [2.05, 4.69) is 15.6 Å². The van der Waals surface area contributed by atoms with Gasteiger partial charge in [0.15, 0.2) is 0 Å². The van der Waals surface area contributed by atoms with Crippen molar-refractivity contribution in [3.8, 4) is 0 Å². The molecule has 0 aromatic carbocycles. The Morgan fingerprint density at radius 1 is 1.47 bits per heavy atom. The quantitative estimate of drug-likeness (QED) is 0.857. The highest BCUT2D eigenvalue weighted by atomic mass is 35.5. The zero-order valence-electron chi connectivity index (χ0n) is 9.97. The maximum Gasteiger partial charge on any atom is 0.224 e. The van der Waals surface area contributed by atoms with Crippen molar-refractivity contribution < 1.29 is 4.79 Å². The Hall–Kier alpha value is -0.840. The van der Waals surface area contributed by atoms with Crippen LogP contribution >= 0.6 is 24.8 Å². The number of aromatic nitrogens is 1. The van der Waals surface area contributed by atoms with Crippen LogP contribution in [-0.2, 0) is 11.3 Å². The molecule has 1 atom stereocenters. The molecule has 0 fully saturated rings. The summed E-state index contributed by atoms with van der Waals surface area (Å²) in [5, 5.41) is 5.84. The van der Waals surface area contributed by atoms with E-state index in [1.807, 2.05) is 26.1 Å². The van der Waals surface area contributed by atoms with Gasteiger partial charge in [-0.25, -0.2) is 0 Å². The molecule has 1 aromatic heterocycles. The number of rotatable bonds is 5. The summed E-state index contributed by atoms with van der Waals surface area (Å²) in [6.07, 6.45) is 3.47. The number of nitrogens with one attached hydrogen (secondary N) is 2. The van der Waals surface area contributed by atoms with Crippen molar-refractivity contribution in [3.05, 3.63) is 30.1 Å². The number of carbonyl (C=O) groups is 1. The molecule has 0 saturated carbocycles. The van der Waals surface area contributed by atoms with E-state index >= 15 is 0 Å². The van der Waals surface area contributed by atoms with E-state index in [0.29, 0.717) is 13.1 Å². The summed E-state index contributed by atoms with van der Waals surface area (Å²) < 4.78 is 0. The SMILES string of the molecule is CNCC(C)C(=O)NCc1cccnc1.Cl.Cl. The van der Waals surface area contributed by atoms with Gasteiger partial charge in [0, 0.05) is 31.4 Å². The fourth-order valence-electron chi connectivity index (χ4n) is 1.26. The molecule has 1 amide bonds. The Bertz CT molecular complexity index is 309. The van der Waals surface area contributed by atoms with Crippen LogP contribution < -0.4 is 10.6 Å². The molecule has 1 rings (SSSR count). The maximum atomic E-state index is 11.5. The molecule has 0 spiro atoms. The highest BCUT2D eigenvalue weighted by Crippen LogP contribution is 1.97. The van der Waals surface area contributed by atoms with Crippen molar-refractivity contribution >= 4 is 30.7 Å². The third kappa shape index (κ3) is 7.15. The standard InChI is InChI=1S/C11H17N3O.2ClH/c1-9(6-12-2)11(15)14-8-10-4-3-5-13-7-10;;/h3-5,7,9,12H,6,8H2,1-2H3,(H,14,15);2*1H. The summed E-state index contributed by atoms with van der Waals surface area (Å²) in [4.78, 5) is 15.5. The van der Waals surface area contributed by atoms with Gasteiger partial charge >= 0.3 is 0 Å². The number of hydrogen-bond donors (Lipinski definition) is 2. The Morgan fingerprint density at radius 2 is 2.18 bits per heavy atom. The van der Waals surface area contributed by atoms with Crippen LogP contribution in [0.2, 0.25) is 0 Å². The molecule has 98 valence electrons. The number of halogens is 2. The van der Waals surface area contributed by atoms with Gasteiger partial charge < -0.3 is 10.6 Å².